The summed E-state index contributed by atoms with van der Waals surface area (Å²) in [4.78, 5) is 2.17. The zero-order chi connectivity index (χ0) is 14.8. The molecule has 2 atom stereocenters. The molecule has 1 rings (SSSR count). The lowest BCUT2D eigenvalue weighted by Crippen LogP contribution is -2.45. The average molecular weight is 280 g/mol. The second-order valence-corrected chi connectivity index (χ2v) is 5.01. The van der Waals surface area contributed by atoms with Crippen LogP contribution in [0.1, 0.15) is 19.4 Å². The van der Waals surface area contributed by atoms with Crippen LogP contribution in [0.3, 0.4) is 0 Å². The maximum atomic E-state index is 10.2. The van der Waals surface area contributed by atoms with Crippen LogP contribution in [0.4, 0.5) is 0 Å². The largest absolute Gasteiger partial charge is 0.390 e. The van der Waals surface area contributed by atoms with E-state index in [1.54, 1.807) is 0 Å². The lowest BCUT2D eigenvalue weighted by atomic mass is 10.0. The number of aliphatic hydroxyl groups is 1. The molecule has 0 radical (unpaired) electrons. The Balaban J connectivity index is 2.37. The third kappa shape index (κ3) is 6.48. The number of ether oxygens (including phenoxy) is 1. The Morgan fingerprint density at radius 3 is 2.55 bits per heavy atom. The van der Waals surface area contributed by atoms with Gasteiger partial charge in [0, 0.05) is 25.7 Å². The van der Waals surface area contributed by atoms with E-state index < -0.39 is 6.10 Å². The van der Waals surface area contributed by atoms with Gasteiger partial charge >= 0.3 is 0 Å². The van der Waals surface area contributed by atoms with E-state index in [0.717, 1.165) is 25.3 Å². The molecule has 20 heavy (non-hydrogen) atoms. The molecule has 0 aliphatic rings. The van der Waals surface area contributed by atoms with Crippen molar-refractivity contribution in [2.24, 2.45) is 5.73 Å². The summed E-state index contributed by atoms with van der Waals surface area (Å²) in [5, 5.41) is 10.2. The van der Waals surface area contributed by atoms with Crippen LogP contribution >= 0.6 is 0 Å². The molecule has 0 aromatic heterocycles. The highest BCUT2D eigenvalue weighted by Gasteiger charge is 2.18. The molecular weight excluding hydrogens is 252 g/mol. The van der Waals surface area contributed by atoms with Gasteiger partial charge in [0.15, 0.2) is 0 Å². The Labute approximate surface area is 122 Å². The molecule has 1 aromatic rings. The van der Waals surface area contributed by atoms with E-state index in [2.05, 4.69) is 11.8 Å². The van der Waals surface area contributed by atoms with Gasteiger partial charge in [0.05, 0.1) is 12.7 Å². The van der Waals surface area contributed by atoms with Crippen molar-refractivity contribution in [3.63, 3.8) is 0 Å². The molecule has 4 nitrogen and oxygen atoms in total. The van der Waals surface area contributed by atoms with Gasteiger partial charge in [0.1, 0.15) is 0 Å². The van der Waals surface area contributed by atoms with Gasteiger partial charge in [-0.3, -0.25) is 4.90 Å². The van der Waals surface area contributed by atoms with Crippen molar-refractivity contribution in [1.82, 2.24) is 4.90 Å². The van der Waals surface area contributed by atoms with Crippen molar-refractivity contribution in [3.05, 3.63) is 35.9 Å². The summed E-state index contributed by atoms with van der Waals surface area (Å²) in [6.07, 6.45) is 0.183. The van der Waals surface area contributed by atoms with Crippen molar-refractivity contribution < 1.29 is 9.84 Å². The zero-order valence-electron chi connectivity index (χ0n) is 12.7. The maximum absolute atomic E-state index is 10.2. The SMILES string of the molecule is CCOCCN(CC)CC(O)C(N)Cc1ccccc1. The summed E-state index contributed by atoms with van der Waals surface area (Å²) >= 11 is 0. The molecular formula is C16H28N2O2. The van der Waals surface area contributed by atoms with Gasteiger partial charge in [0.2, 0.25) is 0 Å². The second-order valence-electron chi connectivity index (χ2n) is 5.01. The van der Waals surface area contributed by atoms with Gasteiger partial charge in [-0.2, -0.15) is 0 Å². The Kier molecular flexibility index (Phi) is 8.46. The average Bonchev–Trinajstić information content (AvgIpc) is 2.47. The number of hydrogen-bond donors (Lipinski definition) is 2. The first kappa shape index (κ1) is 17.1. The fourth-order valence-electron chi connectivity index (χ4n) is 2.14. The van der Waals surface area contributed by atoms with Gasteiger partial charge in [-0.15, -0.1) is 0 Å². The van der Waals surface area contributed by atoms with Gasteiger partial charge in [0.25, 0.3) is 0 Å². The normalized spacial score (nSPS) is 14.4. The minimum absolute atomic E-state index is 0.237. The van der Waals surface area contributed by atoms with E-state index in [-0.39, 0.29) is 6.04 Å². The topological polar surface area (TPSA) is 58.7 Å². The van der Waals surface area contributed by atoms with Crippen LogP contribution in [0.2, 0.25) is 0 Å². The fraction of sp³-hybridized carbons (Fsp3) is 0.625. The Hall–Kier alpha value is -0.940. The minimum atomic E-state index is -0.517. The van der Waals surface area contributed by atoms with Crippen molar-refractivity contribution in [1.29, 1.82) is 0 Å². The molecule has 114 valence electrons. The third-order valence-corrected chi connectivity index (χ3v) is 3.46. The summed E-state index contributed by atoms with van der Waals surface area (Å²) in [7, 11) is 0. The molecule has 0 spiro atoms. The minimum Gasteiger partial charge on any atom is -0.390 e. The van der Waals surface area contributed by atoms with Gasteiger partial charge in [-0.05, 0) is 25.5 Å². The molecule has 3 N–H and O–H groups in total. The van der Waals surface area contributed by atoms with E-state index >= 15 is 0 Å². The fourth-order valence-corrected chi connectivity index (χ4v) is 2.14. The molecule has 0 amide bonds. The molecule has 0 heterocycles. The summed E-state index contributed by atoms with van der Waals surface area (Å²) in [6, 6.07) is 9.82. The predicted molar refractivity (Wildman–Crippen MR) is 82.7 cm³/mol. The highest BCUT2D eigenvalue weighted by Crippen LogP contribution is 2.06. The third-order valence-electron chi connectivity index (χ3n) is 3.46. The van der Waals surface area contributed by atoms with Crippen molar-refractivity contribution in [2.45, 2.75) is 32.4 Å². The molecule has 4 heteroatoms. The number of hydrogen-bond acceptors (Lipinski definition) is 4. The molecule has 2 unspecified atom stereocenters. The molecule has 0 aliphatic carbocycles. The number of nitrogens with zero attached hydrogens (tertiary/aromatic N) is 1. The standard InChI is InChI=1S/C16H28N2O2/c1-3-18(10-11-20-4-2)13-16(19)15(17)12-14-8-6-5-7-9-14/h5-9,15-16,19H,3-4,10-13,17H2,1-2H3. The molecule has 0 bridgehead atoms. The van der Waals surface area contributed by atoms with E-state index in [0.29, 0.717) is 19.6 Å². The smallest absolute Gasteiger partial charge is 0.0820 e. The number of benzene rings is 1. The van der Waals surface area contributed by atoms with Gasteiger partial charge in [-0.25, -0.2) is 0 Å². The van der Waals surface area contributed by atoms with Crippen molar-refractivity contribution in [3.8, 4) is 0 Å². The maximum Gasteiger partial charge on any atom is 0.0820 e. The van der Waals surface area contributed by atoms with Crippen LogP contribution < -0.4 is 5.73 Å². The molecule has 0 saturated carbocycles. The van der Waals surface area contributed by atoms with E-state index in [9.17, 15) is 5.11 Å². The first-order valence-electron chi connectivity index (χ1n) is 7.45. The number of likely N-dealkylation sites (N-methyl/N-ethyl adjacent to an activating group) is 1. The Bertz CT molecular complexity index is 346. The highest BCUT2D eigenvalue weighted by molar-refractivity contribution is 5.16. The van der Waals surface area contributed by atoms with Crippen LogP contribution in [0, 0.1) is 0 Å². The molecule has 0 fully saturated rings. The highest BCUT2D eigenvalue weighted by atomic mass is 16.5. The number of nitrogens with two attached hydrogens (primary N) is 1. The van der Waals surface area contributed by atoms with Crippen LogP contribution in [0.25, 0.3) is 0 Å². The van der Waals surface area contributed by atoms with E-state index in [4.69, 9.17) is 10.5 Å². The van der Waals surface area contributed by atoms with Crippen LogP contribution in [0.5, 0.6) is 0 Å². The summed E-state index contributed by atoms with van der Waals surface area (Å²) in [6.45, 7) is 7.82. The van der Waals surface area contributed by atoms with Gasteiger partial charge in [-0.1, -0.05) is 37.3 Å². The molecule has 0 aliphatic heterocycles. The number of rotatable bonds is 10. The van der Waals surface area contributed by atoms with Crippen LogP contribution in [-0.4, -0.2) is 55.0 Å². The lowest BCUT2D eigenvalue weighted by Gasteiger charge is -2.26. The van der Waals surface area contributed by atoms with E-state index in [1.165, 1.54) is 0 Å². The summed E-state index contributed by atoms with van der Waals surface area (Å²) < 4.78 is 5.35. The first-order chi connectivity index (χ1) is 9.67. The number of aliphatic hydroxyl groups excluding tert-OH is 1. The summed E-state index contributed by atoms with van der Waals surface area (Å²) in [5.41, 5.74) is 7.26. The monoisotopic (exact) mass is 280 g/mol. The Morgan fingerprint density at radius 1 is 1.25 bits per heavy atom. The Morgan fingerprint density at radius 2 is 1.95 bits per heavy atom. The zero-order valence-corrected chi connectivity index (χ0v) is 12.7. The lowest BCUT2D eigenvalue weighted by molar-refractivity contribution is 0.0677. The van der Waals surface area contributed by atoms with Gasteiger partial charge < -0.3 is 15.6 Å². The second kappa shape index (κ2) is 9.88. The van der Waals surface area contributed by atoms with Crippen LogP contribution in [-0.2, 0) is 11.2 Å². The first-order valence-corrected chi connectivity index (χ1v) is 7.45. The quantitative estimate of drug-likeness (QED) is 0.634. The van der Waals surface area contributed by atoms with Crippen molar-refractivity contribution >= 4 is 0 Å². The molecule has 1 aromatic carbocycles. The van der Waals surface area contributed by atoms with Crippen LogP contribution in [0.15, 0.2) is 30.3 Å². The van der Waals surface area contributed by atoms with Crippen molar-refractivity contribution in [2.75, 3.05) is 32.8 Å². The predicted octanol–water partition coefficient (Wildman–Crippen LogP) is 1.28. The summed E-state index contributed by atoms with van der Waals surface area (Å²) in [5.74, 6) is 0. The van der Waals surface area contributed by atoms with E-state index in [1.807, 2.05) is 37.3 Å². The molecule has 0 saturated heterocycles.